The zero-order valence-electron chi connectivity index (χ0n) is 19.5. The van der Waals surface area contributed by atoms with Crippen LogP contribution in [-0.2, 0) is 6.54 Å². The molecular formula is C27H30FN3O3. The average molecular weight is 464 g/mol. The summed E-state index contributed by atoms with van der Waals surface area (Å²) in [5, 5.41) is 13.1. The van der Waals surface area contributed by atoms with Crippen molar-refractivity contribution in [1.29, 1.82) is 0 Å². The summed E-state index contributed by atoms with van der Waals surface area (Å²) in [6.07, 6.45) is 10.7. The molecule has 3 aromatic rings. The molecule has 1 heterocycles. The monoisotopic (exact) mass is 463 g/mol. The second-order valence-electron chi connectivity index (χ2n) is 8.95. The van der Waals surface area contributed by atoms with Crippen molar-refractivity contribution in [3.8, 4) is 0 Å². The Labute approximate surface area is 198 Å². The van der Waals surface area contributed by atoms with Crippen molar-refractivity contribution >= 4 is 34.4 Å². The van der Waals surface area contributed by atoms with E-state index < -0.39 is 5.97 Å². The third-order valence-corrected chi connectivity index (χ3v) is 6.71. The molecule has 6 nitrogen and oxygen atoms in total. The van der Waals surface area contributed by atoms with Crippen molar-refractivity contribution in [2.24, 2.45) is 0 Å². The van der Waals surface area contributed by atoms with Gasteiger partial charge in [-0.25, -0.2) is 9.18 Å². The molecule has 1 aliphatic rings. The molecule has 0 radical (unpaired) electrons. The number of hydrogen-bond donors (Lipinski definition) is 3. The zero-order chi connectivity index (χ0) is 24.2. The Morgan fingerprint density at radius 3 is 2.68 bits per heavy atom. The fraction of sp³-hybridized carbons (Fsp3) is 0.333. The Morgan fingerprint density at radius 2 is 1.97 bits per heavy atom. The van der Waals surface area contributed by atoms with Crippen molar-refractivity contribution in [3.05, 3.63) is 70.7 Å². The van der Waals surface area contributed by atoms with Crippen LogP contribution in [0.4, 0.5) is 10.1 Å². The zero-order valence-corrected chi connectivity index (χ0v) is 19.5. The number of anilines is 1. The number of hydrogen-bond acceptors (Lipinski definition) is 4. The first-order chi connectivity index (χ1) is 16.4. The van der Waals surface area contributed by atoms with E-state index >= 15 is 0 Å². The lowest BCUT2D eigenvalue weighted by Gasteiger charge is -2.31. The third kappa shape index (κ3) is 5.04. The summed E-state index contributed by atoms with van der Waals surface area (Å²) >= 11 is 0. The number of ketones is 1. The Morgan fingerprint density at radius 1 is 1.21 bits per heavy atom. The van der Waals surface area contributed by atoms with Crippen LogP contribution in [0.5, 0.6) is 0 Å². The minimum Gasteiger partial charge on any atom is -0.478 e. The van der Waals surface area contributed by atoms with E-state index in [1.54, 1.807) is 31.5 Å². The van der Waals surface area contributed by atoms with Gasteiger partial charge in [0, 0.05) is 42.3 Å². The van der Waals surface area contributed by atoms with Crippen LogP contribution in [0.15, 0.2) is 42.6 Å². The van der Waals surface area contributed by atoms with E-state index in [0.717, 1.165) is 18.4 Å². The Bertz CT molecular complexity index is 1240. The number of nitrogens with zero attached hydrogens (tertiary/aromatic N) is 1. The lowest BCUT2D eigenvalue weighted by molar-refractivity contribution is 0.0696. The number of H-pyrrole nitrogens is 1. The summed E-state index contributed by atoms with van der Waals surface area (Å²) in [6, 6.07) is 7.94. The quantitative estimate of drug-likeness (QED) is 0.294. The van der Waals surface area contributed by atoms with Crippen LogP contribution in [0.25, 0.3) is 17.0 Å². The normalized spacial score (nSPS) is 14.8. The first-order valence-corrected chi connectivity index (χ1v) is 11.6. The van der Waals surface area contributed by atoms with Crippen LogP contribution in [0, 0.1) is 5.82 Å². The van der Waals surface area contributed by atoms with E-state index in [1.807, 2.05) is 7.05 Å². The number of carbonyl (C=O) groups is 2. The maximum absolute atomic E-state index is 14.0. The van der Waals surface area contributed by atoms with Gasteiger partial charge in [0.25, 0.3) is 0 Å². The molecule has 0 unspecified atom stereocenters. The number of aromatic carboxylic acids is 1. The van der Waals surface area contributed by atoms with Crippen molar-refractivity contribution in [2.45, 2.75) is 44.7 Å². The molecule has 1 fully saturated rings. The van der Waals surface area contributed by atoms with Gasteiger partial charge in [0.2, 0.25) is 0 Å². The van der Waals surface area contributed by atoms with E-state index in [-0.39, 0.29) is 17.2 Å². The summed E-state index contributed by atoms with van der Waals surface area (Å²) in [4.78, 5) is 30.1. The predicted molar refractivity (Wildman–Crippen MR) is 133 cm³/mol. The molecule has 178 valence electrons. The van der Waals surface area contributed by atoms with Gasteiger partial charge < -0.3 is 15.4 Å². The van der Waals surface area contributed by atoms with Gasteiger partial charge in [0.15, 0.2) is 5.78 Å². The van der Waals surface area contributed by atoms with Gasteiger partial charge in [0.1, 0.15) is 5.82 Å². The second kappa shape index (κ2) is 10.2. The molecule has 0 spiro atoms. The number of carboxylic acid groups (broad SMARTS) is 1. The summed E-state index contributed by atoms with van der Waals surface area (Å²) in [5.41, 5.74) is 3.44. The molecule has 34 heavy (non-hydrogen) atoms. The van der Waals surface area contributed by atoms with Gasteiger partial charge in [-0.05, 0) is 67.9 Å². The molecule has 3 N–H and O–H groups in total. The van der Waals surface area contributed by atoms with Crippen LogP contribution < -0.4 is 5.32 Å². The first-order valence-electron chi connectivity index (χ1n) is 11.6. The van der Waals surface area contributed by atoms with Gasteiger partial charge in [-0.2, -0.15) is 0 Å². The van der Waals surface area contributed by atoms with Crippen molar-refractivity contribution in [2.75, 3.05) is 19.4 Å². The number of benzene rings is 2. The van der Waals surface area contributed by atoms with E-state index in [1.165, 1.54) is 43.5 Å². The van der Waals surface area contributed by atoms with Crippen LogP contribution in [0.2, 0.25) is 0 Å². The van der Waals surface area contributed by atoms with E-state index in [9.17, 15) is 19.1 Å². The van der Waals surface area contributed by atoms with Crippen molar-refractivity contribution in [3.63, 3.8) is 0 Å². The minimum atomic E-state index is -1.02. The molecule has 0 atom stereocenters. The largest absolute Gasteiger partial charge is 0.478 e. The predicted octanol–water partition coefficient (Wildman–Crippen LogP) is 5.71. The van der Waals surface area contributed by atoms with Crippen LogP contribution in [-0.4, -0.2) is 46.9 Å². The van der Waals surface area contributed by atoms with Gasteiger partial charge in [-0.3, -0.25) is 9.69 Å². The number of fused-ring (bicyclic) bond motifs is 1. The molecule has 0 bridgehead atoms. The highest BCUT2D eigenvalue weighted by Crippen LogP contribution is 2.28. The molecule has 0 saturated heterocycles. The van der Waals surface area contributed by atoms with Gasteiger partial charge in [0.05, 0.1) is 16.8 Å². The fourth-order valence-corrected chi connectivity index (χ4v) is 4.83. The number of carbonyl (C=O) groups excluding carboxylic acids is 1. The number of aromatic nitrogens is 1. The van der Waals surface area contributed by atoms with E-state index in [4.69, 9.17) is 0 Å². The minimum absolute atomic E-state index is 0.166. The Kier molecular flexibility index (Phi) is 7.12. The van der Waals surface area contributed by atoms with Crippen molar-refractivity contribution in [1.82, 2.24) is 9.88 Å². The molecule has 2 aromatic carbocycles. The number of aromatic amines is 1. The Balaban J connectivity index is 1.62. The highest BCUT2D eigenvalue weighted by Gasteiger charge is 2.21. The highest BCUT2D eigenvalue weighted by molar-refractivity contribution is 6.09. The second-order valence-corrected chi connectivity index (χ2v) is 8.95. The van der Waals surface area contributed by atoms with Crippen molar-refractivity contribution < 1.29 is 19.1 Å². The number of rotatable bonds is 8. The van der Waals surface area contributed by atoms with Gasteiger partial charge in [-0.1, -0.05) is 19.3 Å². The van der Waals surface area contributed by atoms with Crippen LogP contribution >= 0.6 is 0 Å². The number of allylic oxidation sites excluding steroid dienone is 1. The topological polar surface area (TPSA) is 85.4 Å². The SMILES string of the molecule is CNc1cc(F)cc2c(/C=C/C(=O)c3ccc(C(=O)O)cc3CN(C)C3CCCCC3)c[nH]c12. The molecular weight excluding hydrogens is 433 g/mol. The number of halogens is 1. The van der Waals surface area contributed by atoms with E-state index in [2.05, 4.69) is 15.2 Å². The summed E-state index contributed by atoms with van der Waals surface area (Å²) in [6.45, 7) is 0.504. The average Bonchev–Trinajstić information content (AvgIpc) is 3.25. The maximum atomic E-state index is 14.0. The lowest BCUT2D eigenvalue weighted by Crippen LogP contribution is -2.33. The van der Waals surface area contributed by atoms with Gasteiger partial charge >= 0.3 is 5.97 Å². The van der Waals surface area contributed by atoms with Crippen LogP contribution in [0.3, 0.4) is 0 Å². The standard InChI is InChI=1S/C27H30FN3O3/c1-29-24-14-20(28)13-23-18(15-30-26(23)24)9-11-25(32)22-10-8-17(27(33)34)12-19(22)16-31(2)21-6-4-3-5-7-21/h8-15,21,29-30H,3-7,16H2,1-2H3,(H,33,34)/b11-9+. The summed E-state index contributed by atoms with van der Waals surface area (Å²) in [5.74, 6) is -1.60. The first kappa shape index (κ1) is 23.7. The van der Waals surface area contributed by atoms with Gasteiger partial charge in [-0.15, -0.1) is 0 Å². The maximum Gasteiger partial charge on any atom is 0.335 e. The number of carboxylic acids is 1. The molecule has 7 heteroatoms. The van der Waals surface area contributed by atoms with E-state index in [0.29, 0.717) is 40.4 Å². The summed E-state index contributed by atoms with van der Waals surface area (Å²) < 4.78 is 14.0. The smallest absolute Gasteiger partial charge is 0.335 e. The third-order valence-electron chi connectivity index (χ3n) is 6.71. The summed E-state index contributed by atoms with van der Waals surface area (Å²) in [7, 11) is 3.76. The molecule has 1 aliphatic carbocycles. The molecule has 0 aliphatic heterocycles. The fourth-order valence-electron chi connectivity index (χ4n) is 4.83. The molecule has 0 amide bonds. The number of nitrogens with one attached hydrogen (secondary N) is 2. The molecule has 1 aromatic heterocycles. The lowest BCUT2D eigenvalue weighted by atomic mass is 9.93. The van der Waals surface area contributed by atoms with Crippen LogP contribution in [0.1, 0.15) is 63.9 Å². The molecule has 4 rings (SSSR count). The highest BCUT2D eigenvalue weighted by atomic mass is 19.1. The Hall–Kier alpha value is -3.45. The molecule has 1 saturated carbocycles.